The minimum Gasteiger partial charge on any atom is -0.497 e. The summed E-state index contributed by atoms with van der Waals surface area (Å²) in [5, 5.41) is 3.08. The van der Waals surface area contributed by atoms with Crippen LogP contribution < -0.4 is 20.5 Å². The Bertz CT molecular complexity index is 729. The first kappa shape index (κ1) is 18.6. The molecular formula is C19H26N4O2. The molecule has 0 aliphatic rings. The first-order valence-electron chi connectivity index (χ1n) is 8.04. The molecule has 0 aliphatic heterocycles. The van der Waals surface area contributed by atoms with Crippen LogP contribution in [0.15, 0.2) is 47.5 Å². The number of aliphatic imine (C=N–C) groups is 1. The summed E-state index contributed by atoms with van der Waals surface area (Å²) in [5.41, 5.74) is 9.16. The summed E-state index contributed by atoms with van der Waals surface area (Å²) in [6.45, 7) is 1.37. The molecule has 6 heteroatoms. The molecule has 0 aromatic heterocycles. The first-order valence-corrected chi connectivity index (χ1v) is 8.04. The molecule has 0 saturated carbocycles. The Kier molecular flexibility index (Phi) is 6.65. The Morgan fingerprint density at radius 2 is 1.80 bits per heavy atom. The van der Waals surface area contributed by atoms with E-state index < -0.39 is 0 Å². The van der Waals surface area contributed by atoms with Gasteiger partial charge in [-0.1, -0.05) is 24.3 Å². The van der Waals surface area contributed by atoms with E-state index in [2.05, 4.69) is 27.3 Å². The molecule has 0 saturated heterocycles. The highest BCUT2D eigenvalue weighted by atomic mass is 16.5. The molecule has 0 heterocycles. The lowest BCUT2D eigenvalue weighted by Crippen LogP contribution is -2.23. The van der Waals surface area contributed by atoms with Gasteiger partial charge in [0.25, 0.3) is 0 Å². The molecule has 0 spiro atoms. The van der Waals surface area contributed by atoms with Crippen molar-refractivity contribution in [2.45, 2.75) is 13.1 Å². The van der Waals surface area contributed by atoms with E-state index in [1.165, 1.54) is 5.56 Å². The van der Waals surface area contributed by atoms with Gasteiger partial charge in [-0.15, -0.1) is 0 Å². The largest absolute Gasteiger partial charge is 0.497 e. The van der Waals surface area contributed by atoms with Crippen molar-refractivity contribution in [3.63, 3.8) is 0 Å². The number of guanidine groups is 1. The quantitative estimate of drug-likeness (QED) is 0.598. The second-order valence-corrected chi connectivity index (χ2v) is 5.90. The molecule has 0 aliphatic carbocycles. The molecule has 2 aromatic carbocycles. The van der Waals surface area contributed by atoms with Crippen LogP contribution in [0.5, 0.6) is 11.5 Å². The number of nitrogens with one attached hydrogen (secondary N) is 1. The van der Waals surface area contributed by atoms with Crippen LogP contribution >= 0.6 is 0 Å². The van der Waals surface area contributed by atoms with Crippen LogP contribution in [0, 0.1) is 0 Å². The van der Waals surface area contributed by atoms with Crippen LogP contribution in [-0.2, 0) is 13.1 Å². The van der Waals surface area contributed by atoms with Crippen molar-refractivity contribution < 1.29 is 9.47 Å². The van der Waals surface area contributed by atoms with Crippen molar-refractivity contribution >= 4 is 11.6 Å². The number of anilines is 1. The summed E-state index contributed by atoms with van der Waals surface area (Å²) in [5.74, 6) is 1.71. The van der Waals surface area contributed by atoms with Crippen LogP contribution in [-0.4, -0.2) is 39.2 Å². The Hall–Kier alpha value is -2.73. The SMILES string of the molecule is COc1ccc(OC)c(NC(N)=NCc2ccccc2CN(C)C)c1. The van der Waals surface area contributed by atoms with Crippen LogP contribution in [0.3, 0.4) is 0 Å². The van der Waals surface area contributed by atoms with Crippen molar-refractivity contribution in [1.29, 1.82) is 0 Å². The molecule has 0 unspecified atom stereocenters. The maximum absolute atomic E-state index is 6.05. The monoisotopic (exact) mass is 342 g/mol. The predicted molar refractivity (Wildman–Crippen MR) is 102 cm³/mol. The number of benzene rings is 2. The third-order valence-corrected chi connectivity index (χ3v) is 3.69. The topological polar surface area (TPSA) is 72.1 Å². The van der Waals surface area contributed by atoms with E-state index >= 15 is 0 Å². The van der Waals surface area contributed by atoms with E-state index in [9.17, 15) is 0 Å². The predicted octanol–water partition coefficient (Wildman–Crippen LogP) is 2.69. The summed E-state index contributed by atoms with van der Waals surface area (Å²) < 4.78 is 10.6. The minimum absolute atomic E-state index is 0.325. The summed E-state index contributed by atoms with van der Waals surface area (Å²) in [6, 6.07) is 13.7. The van der Waals surface area contributed by atoms with Crippen molar-refractivity contribution in [2.24, 2.45) is 10.7 Å². The molecule has 6 nitrogen and oxygen atoms in total. The van der Waals surface area contributed by atoms with E-state index in [4.69, 9.17) is 15.2 Å². The molecule has 2 rings (SSSR count). The fraction of sp³-hybridized carbons (Fsp3) is 0.316. The number of nitrogens with two attached hydrogens (primary N) is 1. The molecular weight excluding hydrogens is 316 g/mol. The highest BCUT2D eigenvalue weighted by molar-refractivity contribution is 5.94. The van der Waals surface area contributed by atoms with Crippen LogP contribution in [0.1, 0.15) is 11.1 Å². The van der Waals surface area contributed by atoms with E-state index in [1.54, 1.807) is 14.2 Å². The summed E-state index contributed by atoms with van der Waals surface area (Å²) in [7, 11) is 7.32. The number of rotatable bonds is 7. The lowest BCUT2D eigenvalue weighted by Gasteiger charge is -2.14. The number of hydrogen-bond acceptors (Lipinski definition) is 4. The molecule has 0 bridgehead atoms. The van der Waals surface area contributed by atoms with Crippen LogP contribution in [0.25, 0.3) is 0 Å². The zero-order valence-electron chi connectivity index (χ0n) is 15.2. The lowest BCUT2D eigenvalue weighted by atomic mass is 10.1. The molecule has 0 amide bonds. The maximum Gasteiger partial charge on any atom is 0.193 e. The second kappa shape index (κ2) is 8.94. The van der Waals surface area contributed by atoms with Gasteiger partial charge in [-0.25, -0.2) is 4.99 Å². The average molecular weight is 342 g/mol. The molecule has 2 aromatic rings. The Balaban J connectivity index is 2.13. The molecule has 0 radical (unpaired) electrons. The van der Waals surface area contributed by atoms with E-state index in [1.807, 2.05) is 44.4 Å². The Morgan fingerprint density at radius 3 is 2.44 bits per heavy atom. The molecule has 134 valence electrons. The molecule has 3 N–H and O–H groups in total. The highest BCUT2D eigenvalue weighted by Gasteiger charge is 2.07. The summed E-state index contributed by atoms with van der Waals surface area (Å²) >= 11 is 0. The average Bonchev–Trinajstić information content (AvgIpc) is 2.60. The van der Waals surface area contributed by atoms with Gasteiger partial charge in [0.2, 0.25) is 0 Å². The second-order valence-electron chi connectivity index (χ2n) is 5.90. The smallest absolute Gasteiger partial charge is 0.193 e. The van der Waals surface area contributed by atoms with E-state index in [-0.39, 0.29) is 0 Å². The van der Waals surface area contributed by atoms with Crippen molar-refractivity contribution in [3.8, 4) is 11.5 Å². The van der Waals surface area contributed by atoms with Crippen LogP contribution in [0.2, 0.25) is 0 Å². The summed E-state index contributed by atoms with van der Waals surface area (Å²) in [6.07, 6.45) is 0. The zero-order chi connectivity index (χ0) is 18.2. The van der Waals surface area contributed by atoms with Crippen molar-refractivity contribution in [1.82, 2.24) is 4.90 Å². The van der Waals surface area contributed by atoms with E-state index in [0.717, 1.165) is 12.1 Å². The van der Waals surface area contributed by atoms with Gasteiger partial charge in [-0.3, -0.25) is 0 Å². The van der Waals surface area contributed by atoms with Crippen molar-refractivity contribution in [3.05, 3.63) is 53.6 Å². The van der Waals surface area contributed by atoms with Gasteiger partial charge in [0.05, 0.1) is 26.5 Å². The Morgan fingerprint density at radius 1 is 1.08 bits per heavy atom. The molecule has 0 atom stereocenters. The van der Waals surface area contributed by atoms with Gasteiger partial charge < -0.3 is 25.4 Å². The lowest BCUT2D eigenvalue weighted by molar-refractivity contribution is 0.401. The normalized spacial score (nSPS) is 11.5. The van der Waals surface area contributed by atoms with Gasteiger partial charge in [-0.2, -0.15) is 0 Å². The summed E-state index contributed by atoms with van der Waals surface area (Å²) in [4.78, 5) is 6.59. The number of nitrogens with zero attached hydrogens (tertiary/aromatic N) is 2. The van der Waals surface area contributed by atoms with E-state index in [0.29, 0.717) is 29.7 Å². The highest BCUT2D eigenvalue weighted by Crippen LogP contribution is 2.28. The fourth-order valence-corrected chi connectivity index (χ4v) is 2.47. The number of ether oxygens (including phenoxy) is 2. The fourth-order valence-electron chi connectivity index (χ4n) is 2.47. The first-order chi connectivity index (χ1) is 12.0. The minimum atomic E-state index is 0.325. The number of methoxy groups -OCH3 is 2. The standard InChI is InChI=1S/C19H26N4O2/c1-23(2)13-15-8-6-5-7-14(15)12-21-19(20)22-17-11-16(24-3)9-10-18(17)25-4/h5-11H,12-13H2,1-4H3,(H3,20,21,22). The van der Waals surface area contributed by atoms with Gasteiger partial charge >= 0.3 is 0 Å². The third-order valence-electron chi connectivity index (χ3n) is 3.69. The van der Waals surface area contributed by atoms with Gasteiger partial charge in [0.1, 0.15) is 11.5 Å². The van der Waals surface area contributed by atoms with Gasteiger partial charge in [0.15, 0.2) is 5.96 Å². The third kappa shape index (κ3) is 5.39. The Labute approximate surface area is 149 Å². The van der Waals surface area contributed by atoms with Crippen LogP contribution in [0.4, 0.5) is 5.69 Å². The molecule has 0 fully saturated rings. The molecule has 25 heavy (non-hydrogen) atoms. The zero-order valence-corrected chi connectivity index (χ0v) is 15.2. The number of hydrogen-bond donors (Lipinski definition) is 2. The van der Waals surface area contributed by atoms with Crippen molar-refractivity contribution in [2.75, 3.05) is 33.6 Å². The van der Waals surface area contributed by atoms with Gasteiger partial charge in [-0.05, 0) is 37.4 Å². The van der Waals surface area contributed by atoms with Gasteiger partial charge in [0, 0.05) is 12.6 Å². The maximum atomic E-state index is 6.05.